The molecule has 0 radical (unpaired) electrons. The van der Waals surface area contributed by atoms with Crippen molar-refractivity contribution in [2.24, 2.45) is 0 Å². The molecule has 1 aromatic carbocycles. The zero-order valence-corrected chi connectivity index (χ0v) is 15.3. The zero-order chi connectivity index (χ0) is 18.4. The van der Waals surface area contributed by atoms with Gasteiger partial charge in [-0.05, 0) is 42.8 Å². The Balaban J connectivity index is 1.64. The molecule has 1 N–H and O–H groups in total. The number of carbonyl (C=O) groups is 1. The van der Waals surface area contributed by atoms with Crippen LogP contribution in [0.2, 0.25) is 0 Å². The van der Waals surface area contributed by atoms with Crippen molar-refractivity contribution >= 4 is 17.2 Å². The van der Waals surface area contributed by atoms with Crippen LogP contribution in [0.5, 0.6) is 5.75 Å². The van der Waals surface area contributed by atoms with Crippen LogP contribution in [-0.2, 0) is 16.1 Å². The Hall–Kier alpha value is -2.40. The molecule has 0 aliphatic carbocycles. The van der Waals surface area contributed by atoms with Crippen LogP contribution in [0.1, 0.15) is 26.5 Å². The molecule has 26 heavy (non-hydrogen) atoms. The molecule has 0 saturated carbocycles. The van der Waals surface area contributed by atoms with E-state index in [0.717, 1.165) is 4.88 Å². The number of amides is 1. The number of nitrogens with one attached hydrogen (secondary N) is 1. The topological polar surface area (TPSA) is 80.6 Å². The molecule has 136 valence electrons. The Bertz CT molecular complexity index is 782. The molecule has 1 aromatic heterocycles. The maximum absolute atomic E-state index is 12.5. The summed E-state index contributed by atoms with van der Waals surface area (Å²) >= 11 is 1.42. The van der Waals surface area contributed by atoms with Crippen LogP contribution in [-0.4, -0.2) is 38.4 Å². The number of ether oxygens (including phenoxy) is 3. The van der Waals surface area contributed by atoms with Gasteiger partial charge < -0.3 is 19.5 Å². The number of methoxy groups -OCH3 is 1. The van der Waals surface area contributed by atoms with Crippen molar-refractivity contribution in [3.63, 3.8) is 0 Å². The van der Waals surface area contributed by atoms with Gasteiger partial charge in [-0.2, -0.15) is 5.26 Å². The van der Waals surface area contributed by atoms with E-state index in [1.54, 1.807) is 31.4 Å². The summed E-state index contributed by atoms with van der Waals surface area (Å²) in [4.78, 5) is 14.2. The maximum atomic E-state index is 12.5. The number of carbonyl (C=O) groups excluding carboxylic acids is 1. The summed E-state index contributed by atoms with van der Waals surface area (Å²) in [6, 6.07) is 12.6. The van der Waals surface area contributed by atoms with Crippen LogP contribution in [0, 0.1) is 11.3 Å². The summed E-state index contributed by atoms with van der Waals surface area (Å²) in [5, 5.41) is 11.9. The minimum Gasteiger partial charge on any atom is -0.486 e. The van der Waals surface area contributed by atoms with Gasteiger partial charge in [0.1, 0.15) is 11.9 Å². The third-order valence-electron chi connectivity index (χ3n) is 4.06. The lowest BCUT2D eigenvalue weighted by atomic mass is 10.1. The number of nitriles is 1. The lowest BCUT2D eigenvalue weighted by molar-refractivity contribution is -0.0134. The summed E-state index contributed by atoms with van der Waals surface area (Å²) in [5.41, 5.74) is 0.576. The molecule has 2 heterocycles. The molecule has 7 heteroatoms. The fraction of sp³-hybridized carbons (Fsp3) is 0.368. The minimum atomic E-state index is -0.279. The molecule has 1 amide bonds. The first-order valence-electron chi connectivity index (χ1n) is 8.32. The number of hydrogen-bond acceptors (Lipinski definition) is 6. The van der Waals surface area contributed by atoms with Gasteiger partial charge in [-0.25, -0.2) is 0 Å². The minimum absolute atomic E-state index is 0.113. The Labute approximate surface area is 156 Å². The highest BCUT2D eigenvalue weighted by Gasteiger charge is 2.29. The lowest BCUT2D eigenvalue weighted by Crippen LogP contribution is -2.51. The van der Waals surface area contributed by atoms with E-state index in [1.807, 2.05) is 12.1 Å². The molecule has 0 unspecified atom stereocenters. The fourth-order valence-electron chi connectivity index (χ4n) is 2.74. The number of hydrogen-bond donors (Lipinski definition) is 1. The van der Waals surface area contributed by atoms with E-state index in [4.69, 9.17) is 19.5 Å². The summed E-state index contributed by atoms with van der Waals surface area (Å²) in [5.74, 6) is 0.537. The van der Waals surface area contributed by atoms with Crippen LogP contribution in [0.4, 0.5) is 0 Å². The number of thiophene rings is 1. The summed E-state index contributed by atoms with van der Waals surface area (Å²) in [6.45, 7) is 1.49. The van der Waals surface area contributed by atoms with Crippen molar-refractivity contribution in [3.05, 3.63) is 51.7 Å². The van der Waals surface area contributed by atoms with E-state index in [0.29, 0.717) is 42.4 Å². The molecule has 2 aromatic rings. The van der Waals surface area contributed by atoms with Gasteiger partial charge in [0.25, 0.3) is 5.91 Å². The van der Waals surface area contributed by atoms with E-state index >= 15 is 0 Å². The Morgan fingerprint density at radius 1 is 1.35 bits per heavy atom. The quantitative estimate of drug-likeness (QED) is 0.843. The van der Waals surface area contributed by atoms with Crippen LogP contribution in [0.25, 0.3) is 0 Å². The SMILES string of the molecule is COCc1ccc(C(=O)N[C@@H]2CCOC[C@H]2Oc2ccc(C#N)cc2)s1. The normalized spacial score (nSPS) is 19.5. The van der Waals surface area contributed by atoms with Gasteiger partial charge in [-0.15, -0.1) is 11.3 Å². The van der Waals surface area contributed by atoms with Crippen molar-refractivity contribution in [1.29, 1.82) is 5.26 Å². The smallest absolute Gasteiger partial charge is 0.261 e. The highest BCUT2D eigenvalue weighted by Crippen LogP contribution is 2.21. The molecule has 6 nitrogen and oxygen atoms in total. The van der Waals surface area contributed by atoms with Crippen LogP contribution in [0.3, 0.4) is 0 Å². The van der Waals surface area contributed by atoms with Crippen molar-refractivity contribution in [3.8, 4) is 11.8 Å². The first-order chi connectivity index (χ1) is 12.7. The highest BCUT2D eigenvalue weighted by molar-refractivity contribution is 7.14. The summed E-state index contributed by atoms with van der Waals surface area (Å²) in [7, 11) is 1.63. The number of rotatable bonds is 6. The standard InChI is InChI=1S/C19H20N2O4S/c1-23-11-15-6-7-18(26-15)19(22)21-16-8-9-24-12-17(16)25-14-4-2-13(10-20)3-5-14/h2-7,16-17H,8-9,11-12H2,1H3,(H,21,22)/t16-,17-/m1/s1. The molecule has 1 aliphatic heterocycles. The Kier molecular flexibility index (Phi) is 6.23. The summed E-state index contributed by atoms with van der Waals surface area (Å²) < 4.78 is 16.6. The van der Waals surface area contributed by atoms with Crippen LogP contribution < -0.4 is 10.1 Å². The van der Waals surface area contributed by atoms with E-state index < -0.39 is 0 Å². The van der Waals surface area contributed by atoms with Gasteiger partial charge in [-0.1, -0.05) is 0 Å². The highest BCUT2D eigenvalue weighted by atomic mass is 32.1. The molecule has 0 spiro atoms. The van der Waals surface area contributed by atoms with Gasteiger partial charge in [0.2, 0.25) is 0 Å². The Morgan fingerprint density at radius 2 is 2.15 bits per heavy atom. The van der Waals surface area contributed by atoms with Crippen molar-refractivity contribution in [2.45, 2.75) is 25.2 Å². The number of nitrogens with zero attached hydrogens (tertiary/aromatic N) is 1. The van der Waals surface area contributed by atoms with Crippen molar-refractivity contribution in [2.75, 3.05) is 20.3 Å². The molecular formula is C19H20N2O4S. The van der Waals surface area contributed by atoms with Gasteiger partial charge in [0, 0.05) is 18.6 Å². The average molecular weight is 372 g/mol. The second-order valence-corrected chi connectivity index (χ2v) is 7.10. The van der Waals surface area contributed by atoms with E-state index in [1.165, 1.54) is 11.3 Å². The predicted octanol–water partition coefficient (Wildman–Crippen LogP) is 2.73. The average Bonchev–Trinajstić information content (AvgIpc) is 3.13. The molecule has 3 rings (SSSR count). The van der Waals surface area contributed by atoms with Gasteiger partial charge in [0.15, 0.2) is 0 Å². The first-order valence-corrected chi connectivity index (χ1v) is 9.14. The fourth-order valence-corrected chi connectivity index (χ4v) is 3.62. The third kappa shape index (κ3) is 4.61. The second-order valence-electron chi connectivity index (χ2n) is 5.94. The van der Waals surface area contributed by atoms with Crippen molar-refractivity contribution in [1.82, 2.24) is 5.32 Å². The van der Waals surface area contributed by atoms with Gasteiger partial charge >= 0.3 is 0 Å². The summed E-state index contributed by atoms with van der Waals surface area (Å²) in [6.07, 6.45) is 0.405. The molecule has 1 saturated heterocycles. The molecular weight excluding hydrogens is 352 g/mol. The van der Waals surface area contributed by atoms with Crippen LogP contribution >= 0.6 is 11.3 Å². The zero-order valence-electron chi connectivity index (χ0n) is 14.4. The molecule has 1 fully saturated rings. The van der Waals surface area contributed by atoms with E-state index in [2.05, 4.69) is 11.4 Å². The van der Waals surface area contributed by atoms with Gasteiger partial charge in [0.05, 0.1) is 35.8 Å². The maximum Gasteiger partial charge on any atom is 0.261 e. The molecule has 0 bridgehead atoms. The lowest BCUT2D eigenvalue weighted by Gasteiger charge is -2.32. The third-order valence-corrected chi connectivity index (χ3v) is 5.12. The first kappa shape index (κ1) is 18.4. The molecule has 1 aliphatic rings. The van der Waals surface area contributed by atoms with E-state index in [9.17, 15) is 4.79 Å². The van der Waals surface area contributed by atoms with E-state index in [-0.39, 0.29) is 18.1 Å². The van der Waals surface area contributed by atoms with Gasteiger partial charge in [-0.3, -0.25) is 4.79 Å². The monoisotopic (exact) mass is 372 g/mol. The van der Waals surface area contributed by atoms with Crippen molar-refractivity contribution < 1.29 is 19.0 Å². The second kappa shape index (κ2) is 8.81. The predicted molar refractivity (Wildman–Crippen MR) is 97.3 cm³/mol. The van der Waals surface area contributed by atoms with Crippen LogP contribution in [0.15, 0.2) is 36.4 Å². The molecule has 2 atom stereocenters. The number of benzene rings is 1. The largest absolute Gasteiger partial charge is 0.486 e. The Morgan fingerprint density at radius 3 is 2.88 bits per heavy atom.